The summed E-state index contributed by atoms with van der Waals surface area (Å²) < 4.78 is 10.0. The van der Waals surface area contributed by atoms with Crippen molar-refractivity contribution < 1.29 is 19.1 Å². The zero-order valence-electron chi connectivity index (χ0n) is 8.45. The lowest BCUT2D eigenvalue weighted by molar-refractivity contribution is -0.149. The first-order chi connectivity index (χ1) is 6.84. The van der Waals surface area contributed by atoms with E-state index in [-0.39, 0.29) is 12.0 Å². The van der Waals surface area contributed by atoms with E-state index in [2.05, 4.69) is 5.48 Å². The lowest BCUT2D eigenvalue weighted by atomic mass is 10.1. The predicted molar refractivity (Wildman–Crippen MR) is 49.6 cm³/mol. The molecule has 1 N–H and O–H groups in total. The van der Waals surface area contributed by atoms with Gasteiger partial charge >= 0.3 is 0 Å². The van der Waals surface area contributed by atoms with Crippen LogP contribution in [-0.2, 0) is 19.1 Å². The van der Waals surface area contributed by atoms with Gasteiger partial charge in [0.2, 0.25) is 0 Å². The lowest BCUT2D eigenvalue weighted by Crippen LogP contribution is -2.38. The van der Waals surface area contributed by atoms with E-state index in [1.54, 1.807) is 7.11 Å². The van der Waals surface area contributed by atoms with Gasteiger partial charge in [-0.25, -0.2) is 5.48 Å². The van der Waals surface area contributed by atoms with Crippen LogP contribution in [0.5, 0.6) is 0 Å². The minimum absolute atomic E-state index is 0.194. The van der Waals surface area contributed by atoms with E-state index in [1.807, 2.05) is 0 Å². The predicted octanol–water partition coefficient (Wildman–Crippen LogP) is 0.250. The largest absolute Gasteiger partial charge is 0.382 e. The van der Waals surface area contributed by atoms with Crippen molar-refractivity contribution in [1.29, 1.82) is 0 Å². The fourth-order valence-corrected chi connectivity index (χ4v) is 1.26. The number of ether oxygens (including phenoxy) is 2. The summed E-state index contributed by atoms with van der Waals surface area (Å²) in [6, 6.07) is 0. The summed E-state index contributed by atoms with van der Waals surface area (Å²) in [5.74, 6) is -0.194. The Bertz CT molecular complexity index is 168. The Morgan fingerprint density at radius 2 is 2.36 bits per heavy atom. The maximum absolute atomic E-state index is 11.4. The van der Waals surface area contributed by atoms with E-state index in [0.717, 1.165) is 19.3 Å². The SMILES string of the molecule is COCCONC(=O)C1CCCCO1. The molecule has 5 nitrogen and oxygen atoms in total. The van der Waals surface area contributed by atoms with E-state index in [1.165, 1.54) is 0 Å². The molecule has 0 aromatic carbocycles. The van der Waals surface area contributed by atoms with Gasteiger partial charge in [-0.3, -0.25) is 9.63 Å². The van der Waals surface area contributed by atoms with Crippen LogP contribution in [0.2, 0.25) is 0 Å². The molecule has 82 valence electrons. The number of hydrogen-bond donors (Lipinski definition) is 1. The van der Waals surface area contributed by atoms with E-state index in [9.17, 15) is 4.79 Å². The third-order valence-corrected chi connectivity index (χ3v) is 2.03. The summed E-state index contributed by atoms with van der Waals surface area (Å²) >= 11 is 0. The van der Waals surface area contributed by atoms with E-state index < -0.39 is 0 Å². The van der Waals surface area contributed by atoms with Crippen LogP contribution in [-0.4, -0.2) is 38.9 Å². The molecule has 0 spiro atoms. The zero-order chi connectivity index (χ0) is 10.2. The van der Waals surface area contributed by atoms with Crippen molar-refractivity contribution in [3.63, 3.8) is 0 Å². The zero-order valence-corrected chi connectivity index (χ0v) is 8.45. The first-order valence-electron chi connectivity index (χ1n) is 4.87. The molecule has 1 amide bonds. The highest BCUT2D eigenvalue weighted by Gasteiger charge is 2.21. The van der Waals surface area contributed by atoms with E-state index >= 15 is 0 Å². The van der Waals surface area contributed by atoms with Gasteiger partial charge in [-0.2, -0.15) is 0 Å². The van der Waals surface area contributed by atoms with Gasteiger partial charge in [-0.15, -0.1) is 0 Å². The molecule has 1 atom stereocenters. The fourth-order valence-electron chi connectivity index (χ4n) is 1.26. The van der Waals surface area contributed by atoms with Crippen molar-refractivity contribution in [3.05, 3.63) is 0 Å². The number of hydrogen-bond acceptors (Lipinski definition) is 4. The first kappa shape index (κ1) is 11.4. The third kappa shape index (κ3) is 4.04. The van der Waals surface area contributed by atoms with Crippen molar-refractivity contribution in [2.24, 2.45) is 0 Å². The van der Waals surface area contributed by atoms with Gasteiger partial charge in [0.1, 0.15) is 6.10 Å². The maximum atomic E-state index is 11.4. The lowest BCUT2D eigenvalue weighted by Gasteiger charge is -2.21. The molecule has 0 bridgehead atoms. The molecule has 0 aromatic rings. The molecule has 0 saturated carbocycles. The van der Waals surface area contributed by atoms with Crippen molar-refractivity contribution in [1.82, 2.24) is 5.48 Å². The second-order valence-corrected chi connectivity index (χ2v) is 3.16. The fraction of sp³-hybridized carbons (Fsp3) is 0.889. The minimum atomic E-state index is -0.341. The average Bonchev–Trinajstić information content (AvgIpc) is 2.25. The van der Waals surface area contributed by atoms with Crippen molar-refractivity contribution >= 4 is 5.91 Å². The molecule has 1 fully saturated rings. The number of nitrogens with one attached hydrogen (secondary N) is 1. The Morgan fingerprint density at radius 1 is 1.50 bits per heavy atom. The molecular formula is C9H17NO4. The number of rotatable bonds is 5. The van der Waals surface area contributed by atoms with Crippen LogP contribution in [0.3, 0.4) is 0 Å². The summed E-state index contributed by atoms with van der Waals surface area (Å²) in [5, 5.41) is 0. The number of hydroxylamine groups is 1. The molecule has 1 saturated heterocycles. The van der Waals surface area contributed by atoms with Gasteiger partial charge in [0.15, 0.2) is 0 Å². The molecule has 14 heavy (non-hydrogen) atoms. The van der Waals surface area contributed by atoms with Gasteiger partial charge in [-0.05, 0) is 19.3 Å². The molecule has 0 aliphatic carbocycles. The van der Waals surface area contributed by atoms with Gasteiger partial charge in [-0.1, -0.05) is 0 Å². The Kier molecular flexibility index (Phi) is 5.51. The molecule has 1 aliphatic heterocycles. The summed E-state index contributed by atoms with van der Waals surface area (Å²) in [4.78, 5) is 16.2. The number of carbonyl (C=O) groups is 1. The Labute approximate surface area is 83.7 Å². The monoisotopic (exact) mass is 203 g/mol. The maximum Gasteiger partial charge on any atom is 0.272 e. The van der Waals surface area contributed by atoms with Crippen molar-refractivity contribution in [2.45, 2.75) is 25.4 Å². The number of carbonyl (C=O) groups excluding carboxylic acids is 1. The van der Waals surface area contributed by atoms with E-state index in [4.69, 9.17) is 14.3 Å². The van der Waals surface area contributed by atoms with Gasteiger partial charge < -0.3 is 9.47 Å². The quantitative estimate of drug-likeness (QED) is 0.514. The second kappa shape index (κ2) is 6.75. The molecule has 0 aromatic heterocycles. The first-order valence-corrected chi connectivity index (χ1v) is 4.87. The summed E-state index contributed by atoms with van der Waals surface area (Å²) in [5.41, 5.74) is 2.34. The summed E-state index contributed by atoms with van der Waals surface area (Å²) in [6.45, 7) is 1.48. The Hall–Kier alpha value is -0.650. The highest BCUT2D eigenvalue weighted by atomic mass is 16.7. The van der Waals surface area contributed by atoms with Gasteiger partial charge in [0, 0.05) is 13.7 Å². The number of methoxy groups -OCH3 is 1. The minimum Gasteiger partial charge on any atom is -0.382 e. The highest BCUT2D eigenvalue weighted by Crippen LogP contribution is 2.12. The summed E-state index contributed by atoms with van der Waals surface area (Å²) in [7, 11) is 1.58. The topological polar surface area (TPSA) is 56.8 Å². The van der Waals surface area contributed by atoms with Gasteiger partial charge in [0.25, 0.3) is 5.91 Å². The second-order valence-electron chi connectivity index (χ2n) is 3.16. The summed E-state index contributed by atoms with van der Waals surface area (Å²) in [6.07, 6.45) is 2.51. The van der Waals surface area contributed by atoms with Crippen LogP contribution in [0.1, 0.15) is 19.3 Å². The molecule has 1 unspecified atom stereocenters. The van der Waals surface area contributed by atoms with Crippen LogP contribution in [0, 0.1) is 0 Å². The highest BCUT2D eigenvalue weighted by molar-refractivity contribution is 5.79. The van der Waals surface area contributed by atoms with Crippen molar-refractivity contribution in [3.8, 4) is 0 Å². The average molecular weight is 203 g/mol. The molecule has 1 aliphatic rings. The Morgan fingerprint density at radius 3 is 3.00 bits per heavy atom. The molecule has 1 rings (SSSR count). The van der Waals surface area contributed by atoms with Crippen molar-refractivity contribution in [2.75, 3.05) is 26.9 Å². The third-order valence-electron chi connectivity index (χ3n) is 2.03. The van der Waals surface area contributed by atoms with Crippen LogP contribution in [0.25, 0.3) is 0 Å². The van der Waals surface area contributed by atoms with Crippen LogP contribution in [0.4, 0.5) is 0 Å². The van der Waals surface area contributed by atoms with E-state index in [0.29, 0.717) is 19.8 Å². The smallest absolute Gasteiger partial charge is 0.272 e. The normalized spacial score (nSPS) is 21.9. The number of amides is 1. The van der Waals surface area contributed by atoms with Crippen LogP contribution < -0.4 is 5.48 Å². The molecule has 0 radical (unpaired) electrons. The van der Waals surface area contributed by atoms with Crippen LogP contribution in [0.15, 0.2) is 0 Å². The van der Waals surface area contributed by atoms with Gasteiger partial charge in [0.05, 0.1) is 13.2 Å². The molecule has 5 heteroatoms. The standard InChI is InChI=1S/C9H17NO4/c1-12-6-7-14-10-9(11)8-4-2-3-5-13-8/h8H,2-7H2,1H3,(H,10,11). The van der Waals surface area contributed by atoms with Crippen LogP contribution >= 0.6 is 0 Å². The molecule has 1 heterocycles. The molecular weight excluding hydrogens is 186 g/mol. The Balaban J connectivity index is 2.07.